The molecule has 0 aromatic carbocycles. The van der Waals surface area contributed by atoms with Gasteiger partial charge in [0.25, 0.3) is 0 Å². The van der Waals surface area contributed by atoms with Gasteiger partial charge in [-0.05, 0) is 6.92 Å². The van der Waals surface area contributed by atoms with Gasteiger partial charge in [0, 0.05) is 31.8 Å². The Morgan fingerprint density at radius 1 is 1.47 bits per heavy atom. The van der Waals surface area contributed by atoms with Crippen molar-refractivity contribution in [3.05, 3.63) is 12.3 Å². The van der Waals surface area contributed by atoms with E-state index in [0.29, 0.717) is 19.5 Å². The van der Waals surface area contributed by atoms with Crippen LogP contribution in [0.15, 0.2) is 12.3 Å². The second-order valence-electron chi connectivity index (χ2n) is 4.09. The quantitative estimate of drug-likeness (QED) is 0.668. The number of urea groups is 1. The topological polar surface area (TPSA) is 52.6 Å². The van der Waals surface area contributed by atoms with Crippen molar-refractivity contribution >= 4 is 11.9 Å². The Hall–Kier alpha value is -1.52. The molecule has 1 unspecified atom stereocenters. The van der Waals surface area contributed by atoms with Gasteiger partial charge >= 0.3 is 6.03 Å². The molecule has 0 bridgehead atoms. The van der Waals surface area contributed by atoms with Gasteiger partial charge in [-0.15, -0.1) is 0 Å². The van der Waals surface area contributed by atoms with Crippen molar-refractivity contribution in [3.8, 4) is 0 Å². The Balaban J connectivity index is 2.09. The Bertz CT molecular complexity index is 327. The lowest BCUT2D eigenvalue weighted by Gasteiger charge is -2.44. The van der Waals surface area contributed by atoms with Crippen molar-refractivity contribution in [2.24, 2.45) is 0 Å². The number of hydrogen-bond acceptors (Lipinski definition) is 3. The van der Waals surface area contributed by atoms with Gasteiger partial charge in [0.05, 0.1) is 6.04 Å². The molecule has 0 spiro atoms. The molecule has 0 radical (unpaired) electrons. The number of amides is 3. The van der Waals surface area contributed by atoms with Crippen molar-refractivity contribution in [1.82, 2.24) is 15.1 Å². The van der Waals surface area contributed by atoms with Crippen molar-refractivity contribution in [2.45, 2.75) is 19.4 Å². The number of hydrogen-bond donors (Lipinski definition) is 1. The van der Waals surface area contributed by atoms with Crippen LogP contribution in [0, 0.1) is 0 Å². The van der Waals surface area contributed by atoms with Crippen LogP contribution in [-0.2, 0) is 4.79 Å². The smallest absolute Gasteiger partial charge is 0.324 e. The third-order valence-corrected chi connectivity index (χ3v) is 2.95. The number of rotatable bonds is 1. The zero-order valence-electron chi connectivity index (χ0n) is 8.82. The number of nitrogens with one attached hydrogen (secondary N) is 1. The molecule has 2 heterocycles. The Kier molecular flexibility index (Phi) is 2.38. The summed E-state index contributed by atoms with van der Waals surface area (Å²) in [6.07, 6.45) is 0.398. The van der Waals surface area contributed by atoms with E-state index in [9.17, 15) is 9.59 Å². The van der Waals surface area contributed by atoms with Crippen LogP contribution in [0.5, 0.6) is 0 Å². The average Bonchev–Trinajstić information content (AvgIpc) is 2.16. The third kappa shape index (κ3) is 1.82. The number of carbonyl (C=O) groups is 2. The summed E-state index contributed by atoms with van der Waals surface area (Å²) in [7, 11) is 0. The molecule has 5 nitrogen and oxygen atoms in total. The molecule has 2 aliphatic heterocycles. The van der Waals surface area contributed by atoms with Crippen LogP contribution in [0.1, 0.15) is 13.3 Å². The first-order valence-electron chi connectivity index (χ1n) is 5.09. The minimum Gasteiger partial charge on any atom is -0.372 e. The molecular formula is C10H15N3O2. The van der Waals surface area contributed by atoms with Crippen LogP contribution >= 0.6 is 0 Å². The molecule has 2 fully saturated rings. The molecule has 0 aromatic rings. The van der Waals surface area contributed by atoms with Crippen LogP contribution in [0.25, 0.3) is 0 Å². The lowest BCUT2D eigenvalue weighted by molar-refractivity contribution is -0.123. The summed E-state index contributed by atoms with van der Waals surface area (Å²) in [4.78, 5) is 26.5. The maximum Gasteiger partial charge on any atom is 0.324 e. The average molecular weight is 209 g/mol. The number of carbonyl (C=O) groups excluding carboxylic acids is 2. The first-order chi connectivity index (χ1) is 7.08. The normalized spacial score (nSPS) is 26.1. The zero-order chi connectivity index (χ0) is 11.0. The number of allylic oxidation sites excluding steroid dienone is 1. The largest absolute Gasteiger partial charge is 0.372 e. The molecule has 1 atom stereocenters. The highest BCUT2D eigenvalue weighted by Crippen LogP contribution is 2.18. The van der Waals surface area contributed by atoms with Gasteiger partial charge in [0.15, 0.2) is 0 Å². The van der Waals surface area contributed by atoms with E-state index in [2.05, 4.69) is 16.8 Å². The zero-order valence-corrected chi connectivity index (χ0v) is 8.82. The predicted octanol–water partition coefficient (Wildman–Crippen LogP) is 0.146. The predicted molar refractivity (Wildman–Crippen MR) is 55.0 cm³/mol. The molecule has 3 amide bonds. The minimum absolute atomic E-state index is 0.0108. The maximum atomic E-state index is 11.5. The first-order valence-corrected chi connectivity index (χ1v) is 5.09. The summed E-state index contributed by atoms with van der Waals surface area (Å²) in [6, 6.07) is -0.241. The molecule has 5 heteroatoms. The van der Waals surface area contributed by atoms with E-state index >= 15 is 0 Å². The highest BCUT2D eigenvalue weighted by molar-refractivity contribution is 5.97. The minimum atomic E-state index is -0.252. The van der Waals surface area contributed by atoms with Gasteiger partial charge in [-0.2, -0.15) is 0 Å². The van der Waals surface area contributed by atoms with E-state index in [1.54, 1.807) is 4.90 Å². The van der Waals surface area contributed by atoms with E-state index in [4.69, 9.17) is 0 Å². The van der Waals surface area contributed by atoms with Crippen molar-refractivity contribution in [1.29, 1.82) is 0 Å². The van der Waals surface area contributed by atoms with Crippen LogP contribution in [0.3, 0.4) is 0 Å². The van der Waals surface area contributed by atoms with Crippen LogP contribution in [-0.4, -0.2) is 47.4 Å². The molecule has 0 aromatic heterocycles. The second kappa shape index (κ2) is 3.56. The maximum absolute atomic E-state index is 11.5. The number of piperazine rings is 1. The van der Waals surface area contributed by atoms with E-state index in [0.717, 1.165) is 12.2 Å². The van der Waals surface area contributed by atoms with Gasteiger partial charge in [-0.25, -0.2) is 4.79 Å². The lowest BCUT2D eigenvalue weighted by Crippen LogP contribution is -2.62. The first kappa shape index (κ1) is 10.0. The molecule has 2 rings (SSSR count). The second-order valence-corrected chi connectivity index (χ2v) is 4.09. The molecule has 2 saturated heterocycles. The Labute approximate surface area is 88.7 Å². The van der Waals surface area contributed by atoms with Crippen LogP contribution in [0.2, 0.25) is 0 Å². The highest BCUT2D eigenvalue weighted by atomic mass is 16.2. The summed E-state index contributed by atoms with van der Waals surface area (Å²) in [5.41, 5.74) is 0.994. The standard InChI is InChI=1S/C10H15N3O2/c1-7(2)12-3-4-13-8(6-12)5-9(14)11-10(13)15/h8H,1,3-6H2,2H3,(H,11,14,15). The molecule has 0 saturated carbocycles. The van der Waals surface area contributed by atoms with Crippen molar-refractivity contribution < 1.29 is 9.59 Å². The molecule has 1 N–H and O–H groups in total. The number of nitrogens with zero attached hydrogens (tertiary/aromatic N) is 2. The summed E-state index contributed by atoms with van der Waals surface area (Å²) in [6.45, 7) is 8.00. The molecule has 82 valence electrons. The number of imide groups is 1. The van der Waals surface area contributed by atoms with Gasteiger partial charge in [0.2, 0.25) is 5.91 Å². The fraction of sp³-hybridized carbons (Fsp3) is 0.600. The van der Waals surface area contributed by atoms with E-state index in [1.807, 2.05) is 6.92 Å². The third-order valence-electron chi connectivity index (χ3n) is 2.95. The summed E-state index contributed by atoms with van der Waals surface area (Å²) < 4.78 is 0. The fourth-order valence-electron chi connectivity index (χ4n) is 2.10. The molecule has 15 heavy (non-hydrogen) atoms. The summed E-state index contributed by atoms with van der Waals surface area (Å²) in [5, 5.41) is 2.33. The molecule has 0 aliphatic carbocycles. The molecular weight excluding hydrogens is 194 g/mol. The van der Waals surface area contributed by atoms with Crippen molar-refractivity contribution in [2.75, 3.05) is 19.6 Å². The van der Waals surface area contributed by atoms with E-state index in [-0.39, 0.29) is 18.0 Å². The van der Waals surface area contributed by atoms with Gasteiger partial charge in [0.1, 0.15) is 0 Å². The van der Waals surface area contributed by atoms with Crippen LogP contribution < -0.4 is 5.32 Å². The lowest BCUT2D eigenvalue weighted by atomic mass is 10.1. The fourth-order valence-corrected chi connectivity index (χ4v) is 2.10. The van der Waals surface area contributed by atoms with Gasteiger partial charge < -0.3 is 9.80 Å². The summed E-state index contributed by atoms with van der Waals surface area (Å²) in [5.74, 6) is -0.176. The summed E-state index contributed by atoms with van der Waals surface area (Å²) >= 11 is 0. The van der Waals surface area contributed by atoms with Gasteiger partial charge in [-0.1, -0.05) is 6.58 Å². The Morgan fingerprint density at radius 3 is 2.87 bits per heavy atom. The molecule has 2 aliphatic rings. The van der Waals surface area contributed by atoms with Crippen molar-refractivity contribution in [3.63, 3.8) is 0 Å². The number of fused-ring (bicyclic) bond motifs is 1. The van der Waals surface area contributed by atoms with Gasteiger partial charge in [-0.3, -0.25) is 10.1 Å². The monoisotopic (exact) mass is 209 g/mol. The Morgan fingerprint density at radius 2 is 2.20 bits per heavy atom. The SMILES string of the molecule is C=C(C)N1CCN2C(=O)NC(=O)CC2C1. The highest BCUT2D eigenvalue weighted by Gasteiger charge is 2.36. The van der Waals surface area contributed by atoms with Crippen LogP contribution in [0.4, 0.5) is 4.79 Å². The van der Waals surface area contributed by atoms with E-state index in [1.165, 1.54) is 0 Å². The van der Waals surface area contributed by atoms with E-state index < -0.39 is 0 Å².